The van der Waals surface area contributed by atoms with Gasteiger partial charge in [0, 0.05) is 0 Å². The van der Waals surface area contributed by atoms with Crippen molar-refractivity contribution in [3.63, 3.8) is 0 Å². The second-order valence-corrected chi connectivity index (χ2v) is 7.16. The second-order valence-electron chi connectivity index (χ2n) is 7.16. The first kappa shape index (κ1) is 33.7. The molecule has 228 valence electrons. The monoisotopic (exact) mass is 619 g/mol. The van der Waals surface area contributed by atoms with Gasteiger partial charge in [0.15, 0.2) is 15.8 Å². The van der Waals surface area contributed by atoms with Crippen LogP contribution in [0, 0.1) is 98.0 Å². The summed E-state index contributed by atoms with van der Waals surface area (Å²) in [5.74, 6) is 0. The molecule has 0 aliphatic carbocycles. The van der Waals surface area contributed by atoms with Crippen molar-refractivity contribution >= 4 is 51.2 Å². The summed E-state index contributed by atoms with van der Waals surface area (Å²) in [6.45, 7) is 0.744. The summed E-state index contributed by atoms with van der Waals surface area (Å²) in [6, 6.07) is 0.838. The van der Waals surface area contributed by atoms with Crippen molar-refractivity contribution in [3.8, 4) is 0 Å². The zero-order valence-corrected chi connectivity index (χ0v) is 20.5. The Bertz CT molecular complexity index is 1600. The van der Waals surface area contributed by atoms with E-state index in [1.165, 1.54) is 5.43 Å². The van der Waals surface area contributed by atoms with Crippen LogP contribution in [0.15, 0.2) is 12.1 Å². The highest BCUT2D eigenvalue weighted by Crippen LogP contribution is 2.50. The number of benzene rings is 2. The molecular formula is C14H9N11O18. The number of non-ortho nitro benzene ring substituents is 1. The van der Waals surface area contributed by atoms with Crippen LogP contribution in [0.4, 0.5) is 51.2 Å². The Morgan fingerprint density at radius 1 is 0.558 bits per heavy atom. The van der Waals surface area contributed by atoms with Gasteiger partial charge in [-0.15, -0.1) is 5.43 Å². The number of hydrogen-bond acceptors (Lipinski definition) is 18. The van der Waals surface area contributed by atoms with E-state index in [0.29, 0.717) is 12.1 Å². The molecule has 0 unspecified atom stereocenters. The third kappa shape index (κ3) is 6.99. The van der Waals surface area contributed by atoms with Gasteiger partial charge in [-0.25, -0.2) is 20.2 Å². The summed E-state index contributed by atoms with van der Waals surface area (Å²) in [7, 11) is 0.751. The van der Waals surface area contributed by atoms with Gasteiger partial charge in [0.25, 0.3) is 11.4 Å². The van der Waals surface area contributed by atoms with Gasteiger partial charge in [-0.05, 0) is 6.92 Å². The van der Waals surface area contributed by atoms with Crippen LogP contribution >= 0.6 is 0 Å². The van der Waals surface area contributed by atoms with Gasteiger partial charge < -0.3 is 0 Å². The van der Waals surface area contributed by atoms with E-state index in [-0.39, 0.29) is 5.01 Å². The van der Waals surface area contributed by atoms with Gasteiger partial charge in [0.1, 0.15) is 0 Å². The van der Waals surface area contributed by atoms with Crippen LogP contribution in [-0.2, 0) is 0 Å². The van der Waals surface area contributed by atoms with Crippen molar-refractivity contribution in [3.05, 3.63) is 109 Å². The van der Waals surface area contributed by atoms with Crippen molar-refractivity contribution in [2.75, 3.05) is 17.5 Å². The molecule has 43 heavy (non-hydrogen) atoms. The third-order valence-electron chi connectivity index (χ3n) is 4.80. The molecule has 2 aromatic carbocycles. The van der Waals surface area contributed by atoms with Crippen molar-refractivity contribution < 1.29 is 44.5 Å². The lowest BCUT2D eigenvalue weighted by molar-refractivity contribution is -0.493. The molecule has 0 saturated heterocycles. The molecule has 0 radical (unpaired) electrons. The fraction of sp³-hybridized carbons (Fsp3) is 0.143. The van der Waals surface area contributed by atoms with Gasteiger partial charge in [-0.3, -0.25) is 70.8 Å². The van der Waals surface area contributed by atoms with Gasteiger partial charge in [0.05, 0.1) is 59.2 Å². The van der Waals surface area contributed by atoms with Crippen LogP contribution in [0.5, 0.6) is 0 Å². The van der Waals surface area contributed by atoms with E-state index in [1.54, 1.807) is 0 Å². The highest BCUT2D eigenvalue weighted by atomic mass is 16.7. The van der Waals surface area contributed by atoms with E-state index in [1.807, 2.05) is 0 Å². The van der Waals surface area contributed by atoms with Crippen LogP contribution in [-0.4, -0.2) is 51.6 Å². The summed E-state index contributed by atoms with van der Waals surface area (Å²) >= 11 is 0. The molecule has 1 N–H and O–H groups in total. The summed E-state index contributed by atoms with van der Waals surface area (Å²) < 4.78 is 0. The van der Waals surface area contributed by atoms with Crippen molar-refractivity contribution in [1.82, 2.24) is 0 Å². The molecule has 0 amide bonds. The molecular weight excluding hydrogens is 610 g/mol. The first-order valence-electron chi connectivity index (χ1n) is 9.85. The Balaban J connectivity index is 0.000000434. The lowest BCUT2D eigenvalue weighted by Crippen LogP contribution is -2.26. The summed E-state index contributed by atoms with van der Waals surface area (Å²) in [5.41, 5.74) is -11.6. The Morgan fingerprint density at radius 3 is 1.21 bits per heavy atom. The van der Waals surface area contributed by atoms with Crippen LogP contribution in [0.3, 0.4) is 0 Å². The maximum Gasteiger partial charge on any atom is 0.432 e. The maximum absolute atomic E-state index is 11.0. The number of hydrogen-bond donors (Lipinski definition) is 1. The minimum absolute atomic E-state index is 0.0555. The zero-order valence-electron chi connectivity index (χ0n) is 20.5. The Morgan fingerprint density at radius 2 is 0.930 bits per heavy atom. The van der Waals surface area contributed by atoms with Crippen LogP contribution in [0.2, 0.25) is 0 Å². The number of nitrogens with one attached hydrogen (secondary N) is 1. The quantitative estimate of drug-likeness (QED) is 0.278. The topological polar surface area (TPSA) is 404 Å². The summed E-state index contributed by atoms with van der Waals surface area (Å²) in [5, 5.41) is 94.7. The van der Waals surface area contributed by atoms with Crippen molar-refractivity contribution in [1.29, 1.82) is 0 Å². The molecule has 0 aliphatic heterocycles. The minimum Gasteiger partial charge on any atom is -0.258 e. The lowest BCUT2D eigenvalue weighted by Gasteiger charge is -2.08. The zero-order chi connectivity index (χ0) is 33.7. The number of nitrogens with zero attached hydrogens (tertiary/aromatic N) is 10. The standard InChI is InChI=1S/C7H4N6O10.C7H5N5O8/c1-2-3(8-13(22)23)5(10(16)17)7(12(20)21)6(11(18)19)4(2)9(14)15;1-8(12(19)20)7-5(10(15)16)2-4(9(13)14)3-6(7)11(17)18/h8H,1H3;2-3H,1H3. The number of anilines is 2. The molecule has 0 saturated carbocycles. The van der Waals surface area contributed by atoms with E-state index in [2.05, 4.69) is 0 Å². The summed E-state index contributed by atoms with van der Waals surface area (Å²) in [6.07, 6.45) is 0. The molecule has 0 aliphatic rings. The Kier molecular flexibility index (Phi) is 9.91. The first-order valence-corrected chi connectivity index (χ1v) is 9.85. The molecule has 0 aromatic heterocycles. The van der Waals surface area contributed by atoms with Crippen LogP contribution in [0.25, 0.3) is 0 Å². The van der Waals surface area contributed by atoms with E-state index < -0.39 is 101 Å². The molecule has 29 nitrogen and oxygen atoms in total. The average Bonchev–Trinajstić information content (AvgIpc) is 2.87. The van der Waals surface area contributed by atoms with E-state index in [0.717, 1.165) is 14.0 Å². The number of rotatable bonds is 11. The van der Waals surface area contributed by atoms with E-state index >= 15 is 0 Å². The van der Waals surface area contributed by atoms with Crippen LogP contribution < -0.4 is 10.4 Å². The van der Waals surface area contributed by atoms with Crippen molar-refractivity contribution in [2.24, 2.45) is 0 Å². The first-order chi connectivity index (χ1) is 19.7. The highest BCUT2D eigenvalue weighted by Gasteiger charge is 2.50. The van der Waals surface area contributed by atoms with Gasteiger partial charge in [-0.2, -0.15) is 0 Å². The predicted molar refractivity (Wildman–Crippen MR) is 130 cm³/mol. The maximum atomic E-state index is 11.0. The van der Waals surface area contributed by atoms with E-state index in [4.69, 9.17) is 0 Å². The molecule has 0 bridgehead atoms. The smallest absolute Gasteiger partial charge is 0.258 e. The highest BCUT2D eigenvalue weighted by molar-refractivity contribution is 5.88. The molecule has 2 rings (SSSR count). The number of hydrazine groups is 2. The van der Waals surface area contributed by atoms with Crippen LogP contribution in [0.1, 0.15) is 5.56 Å². The summed E-state index contributed by atoms with van der Waals surface area (Å²) in [4.78, 5) is 87.7. The minimum atomic E-state index is -1.83. The molecule has 0 fully saturated rings. The largest absolute Gasteiger partial charge is 0.432 e. The van der Waals surface area contributed by atoms with Crippen molar-refractivity contribution in [2.45, 2.75) is 6.92 Å². The lowest BCUT2D eigenvalue weighted by atomic mass is 10.1. The predicted octanol–water partition coefficient (Wildman–Crippen LogP) is 2.27. The van der Waals surface area contributed by atoms with E-state index in [9.17, 15) is 91.0 Å². The molecule has 0 atom stereocenters. The van der Waals surface area contributed by atoms with Gasteiger partial charge >= 0.3 is 34.1 Å². The number of nitro groups is 9. The normalized spacial score (nSPS) is 9.91. The fourth-order valence-corrected chi connectivity index (χ4v) is 3.18. The molecule has 0 heterocycles. The SMILES string of the molecule is CN(c1c([N+](=O)[O-])cc([N+](=O)[O-])cc1[N+](=O)[O-])[N+](=O)[O-].Cc1c(N[N+](=O)[O-])c([N+](=O)[O-])c([N+](=O)[O-])c([N+](=O)[O-])c1[N+](=O)[O-]. The number of nitro benzene ring substituents is 7. The van der Waals surface area contributed by atoms with Gasteiger partial charge in [0.2, 0.25) is 0 Å². The second kappa shape index (κ2) is 12.7. The average molecular weight is 619 g/mol. The Labute approximate surface area is 229 Å². The Hall–Kier alpha value is -7.36. The van der Waals surface area contributed by atoms with Gasteiger partial charge in [-0.1, -0.05) is 5.01 Å². The molecule has 2 aromatic rings. The fourth-order valence-electron chi connectivity index (χ4n) is 3.18. The molecule has 29 heteroatoms. The molecule has 0 spiro atoms. The third-order valence-corrected chi connectivity index (χ3v) is 4.80.